The molecule has 0 radical (unpaired) electrons. The number of hydrogen-bond donors (Lipinski definition) is 1. The topological polar surface area (TPSA) is 46.0 Å². The Bertz CT molecular complexity index is 415. The van der Waals surface area contributed by atoms with E-state index in [2.05, 4.69) is 9.97 Å². The van der Waals surface area contributed by atoms with E-state index in [1.165, 1.54) is 0 Å². The largest absolute Gasteiger partial charge is 0.392 e. The van der Waals surface area contributed by atoms with Gasteiger partial charge in [-0.2, -0.15) is 0 Å². The van der Waals surface area contributed by atoms with Crippen LogP contribution in [-0.2, 0) is 6.61 Å². The van der Waals surface area contributed by atoms with Crippen molar-refractivity contribution in [2.75, 3.05) is 0 Å². The first-order valence-corrected chi connectivity index (χ1v) is 4.36. The third kappa shape index (κ3) is 1.78. The monoisotopic (exact) mass is 186 g/mol. The van der Waals surface area contributed by atoms with Crippen LogP contribution in [0.25, 0.3) is 11.3 Å². The second-order valence-electron chi connectivity index (χ2n) is 2.95. The Balaban J connectivity index is 2.42. The fourth-order valence-electron chi connectivity index (χ4n) is 1.24. The van der Waals surface area contributed by atoms with Gasteiger partial charge in [-0.05, 0) is 29.8 Å². The molecule has 0 aliphatic carbocycles. The van der Waals surface area contributed by atoms with Gasteiger partial charge in [-0.25, -0.2) is 0 Å². The zero-order valence-electron chi connectivity index (χ0n) is 7.59. The Kier molecular flexibility index (Phi) is 2.51. The molecule has 2 aromatic heterocycles. The number of aliphatic hydroxyl groups excluding tert-OH is 1. The Morgan fingerprint density at radius 2 is 2.14 bits per heavy atom. The molecule has 3 nitrogen and oxygen atoms in total. The van der Waals surface area contributed by atoms with Crippen LogP contribution in [0.2, 0.25) is 0 Å². The molecule has 14 heavy (non-hydrogen) atoms. The summed E-state index contributed by atoms with van der Waals surface area (Å²) in [6.07, 6.45) is 5.16. The van der Waals surface area contributed by atoms with Gasteiger partial charge in [0.15, 0.2) is 0 Å². The van der Waals surface area contributed by atoms with E-state index in [9.17, 15) is 0 Å². The van der Waals surface area contributed by atoms with Crippen LogP contribution in [0.4, 0.5) is 0 Å². The molecule has 0 amide bonds. The van der Waals surface area contributed by atoms with Crippen molar-refractivity contribution in [2.45, 2.75) is 6.61 Å². The summed E-state index contributed by atoms with van der Waals surface area (Å²) in [5, 5.41) is 8.97. The van der Waals surface area contributed by atoms with Gasteiger partial charge in [0.25, 0.3) is 0 Å². The second kappa shape index (κ2) is 3.98. The molecule has 1 N–H and O–H groups in total. The van der Waals surface area contributed by atoms with E-state index in [0.717, 1.165) is 16.8 Å². The van der Waals surface area contributed by atoms with E-state index >= 15 is 0 Å². The third-order valence-corrected chi connectivity index (χ3v) is 1.96. The van der Waals surface area contributed by atoms with Gasteiger partial charge in [0.05, 0.1) is 12.3 Å². The molecular formula is C11H10N2O. The predicted octanol–water partition coefficient (Wildman–Crippen LogP) is 1.64. The van der Waals surface area contributed by atoms with Crippen LogP contribution in [0.5, 0.6) is 0 Å². The molecular weight excluding hydrogens is 176 g/mol. The van der Waals surface area contributed by atoms with Gasteiger partial charge in [0.1, 0.15) is 0 Å². The minimum Gasteiger partial charge on any atom is -0.392 e. The molecule has 2 heterocycles. The lowest BCUT2D eigenvalue weighted by atomic mass is 10.1. The van der Waals surface area contributed by atoms with Gasteiger partial charge in [-0.3, -0.25) is 9.97 Å². The molecule has 0 atom stereocenters. The molecule has 0 aromatic carbocycles. The third-order valence-electron chi connectivity index (χ3n) is 1.96. The molecule has 0 bridgehead atoms. The Labute approximate surface area is 82.1 Å². The zero-order chi connectivity index (χ0) is 9.80. The molecule has 0 saturated carbocycles. The lowest BCUT2D eigenvalue weighted by Crippen LogP contribution is -1.88. The number of aromatic nitrogens is 2. The van der Waals surface area contributed by atoms with Crippen LogP contribution in [0.1, 0.15) is 5.56 Å². The van der Waals surface area contributed by atoms with Gasteiger partial charge in [0.2, 0.25) is 0 Å². The maximum Gasteiger partial charge on any atom is 0.0721 e. The van der Waals surface area contributed by atoms with E-state index in [4.69, 9.17) is 5.11 Å². The van der Waals surface area contributed by atoms with Gasteiger partial charge in [0, 0.05) is 24.2 Å². The fraction of sp³-hybridized carbons (Fsp3) is 0.0909. The fourth-order valence-corrected chi connectivity index (χ4v) is 1.24. The van der Waals surface area contributed by atoms with Crippen molar-refractivity contribution in [3.63, 3.8) is 0 Å². The van der Waals surface area contributed by atoms with Crippen molar-refractivity contribution in [3.05, 3.63) is 48.4 Å². The average Bonchev–Trinajstić information content (AvgIpc) is 2.30. The first-order valence-electron chi connectivity index (χ1n) is 4.36. The van der Waals surface area contributed by atoms with E-state index in [1.54, 1.807) is 24.7 Å². The van der Waals surface area contributed by atoms with Gasteiger partial charge in [-0.15, -0.1) is 0 Å². The summed E-state index contributed by atoms with van der Waals surface area (Å²) in [6, 6.07) is 7.45. The molecule has 0 aliphatic heterocycles. The molecule has 2 rings (SSSR count). The first-order chi connectivity index (χ1) is 6.90. The summed E-state index contributed by atoms with van der Waals surface area (Å²) in [5.74, 6) is 0. The number of pyridine rings is 2. The Morgan fingerprint density at radius 1 is 1.21 bits per heavy atom. The minimum absolute atomic E-state index is 0.0375. The molecule has 0 unspecified atom stereocenters. The van der Waals surface area contributed by atoms with Crippen LogP contribution >= 0.6 is 0 Å². The second-order valence-corrected chi connectivity index (χ2v) is 2.95. The molecule has 0 aliphatic rings. The van der Waals surface area contributed by atoms with Crippen LogP contribution < -0.4 is 0 Å². The summed E-state index contributed by atoms with van der Waals surface area (Å²) in [7, 11) is 0. The quantitative estimate of drug-likeness (QED) is 0.775. The van der Waals surface area contributed by atoms with E-state index in [-0.39, 0.29) is 6.61 Å². The normalized spacial score (nSPS) is 10.1. The summed E-state index contributed by atoms with van der Waals surface area (Å²) in [5.41, 5.74) is 2.66. The van der Waals surface area contributed by atoms with Crippen LogP contribution in [-0.4, -0.2) is 15.1 Å². The van der Waals surface area contributed by atoms with Crippen molar-refractivity contribution in [2.24, 2.45) is 0 Å². The van der Waals surface area contributed by atoms with Crippen molar-refractivity contribution in [1.29, 1.82) is 0 Å². The lowest BCUT2D eigenvalue weighted by molar-refractivity contribution is 0.282. The van der Waals surface area contributed by atoms with E-state index in [1.807, 2.05) is 18.2 Å². The molecule has 0 spiro atoms. The molecule has 2 aromatic rings. The average molecular weight is 186 g/mol. The molecule has 70 valence electrons. The summed E-state index contributed by atoms with van der Waals surface area (Å²) in [4.78, 5) is 8.22. The number of nitrogens with zero attached hydrogens (tertiary/aromatic N) is 2. The number of aliphatic hydroxyl groups is 1. The highest BCUT2D eigenvalue weighted by molar-refractivity contribution is 5.57. The molecule has 0 saturated heterocycles. The van der Waals surface area contributed by atoms with Crippen LogP contribution in [0.15, 0.2) is 42.9 Å². The first kappa shape index (κ1) is 8.84. The van der Waals surface area contributed by atoms with Crippen molar-refractivity contribution in [3.8, 4) is 11.3 Å². The smallest absolute Gasteiger partial charge is 0.0721 e. The van der Waals surface area contributed by atoms with Crippen molar-refractivity contribution in [1.82, 2.24) is 9.97 Å². The number of rotatable bonds is 2. The van der Waals surface area contributed by atoms with Crippen LogP contribution in [0.3, 0.4) is 0 Å². The highest BCUT2D eigenvalue weighted by Crippen LogP contribution is 2.15. The summed E-state index contributed by atoms with van der Waals surface area (Å²) in [6.45, 7) is 0.0375. The van der Waals surface area contributed by atoms with Crippen LogP contribution in [0, 0.1) is 0 Å². The lowest BCUT2D eigenvalue weighted by Gasteiger charge is -2.01. The SMILES string of the molecule is OCc1ccnc(-c2cccnc2)c1. The maximum atomic E-state index is 8.97. The van der Waals surface area contributed by atoms with Gasteiger partial charge >= 0.3 is 0 Å². The molecule has 0 fully saturated rings. The van der Waals surface area contributed by atoms with Crippen molar-refractivity contribution < 1.29 is 5.11 Å². The predicted molar refractivity (Wildman–Crippen MR) is 53.4 cm³/mol. The highest BCUT2D eigenvalue weighted by atomic mass is 16.3. The maximum absolute atomic E-state index is 8.97. The van der Waals surface area contributed by atoms with Crippen molar-refractivity contribution >= 4 is 0 Å². The highest BCUT2D eigenvalue weighted by Gasteiger charge is 1.99. The Morgan fingerprint density at radius 3 is 2.86 bits per heavy atom. The van der Waals surface area contributed by atoms with E-state index < -0.39 is 0 Å². The Hall–Kier alpha value is -1.74. The molecule has 3 heteroatoms. The summed E-state index contributed by atoms with van der Waals surface area (Å²) < 4.78 is 0. The zero-order valence-corrected chi connectivity index (χ0v) is 7.59. The van der Waals surface area contributed by atoms with Gasteiger partial charge in [-0.1, -0.05) is 0 Å². The van der Waals surface area contributed by atoms with E-state index in [0.29, 0.717) is 0 Å². The van der Waals surface area contributed by atoms with Gasteiger partial charge < -0.3 is 5.11 Å². The number of hydrogen-bond acceptors (Lipinski definition) is 3. The minimum atomic E-state index is 0.0375. The standard InChI is InChI=1S/C11H10N2O/c14-8-9-3-5-13-11(6-9)10-2-1-4-12-7-10/h1-7,14H,8H2. The summed E-state index contributed by atoms with van der Waals surface area (Å²) >= 11 is 0.